The summed E-state index contributed by atoms with van der Waals surface area (Å²) in [6, 6.07) is 4.64. The predicted octanol–water partition coefficient (Wildman–Crippen LogP) is 0.631. The Bertz CT molecular complexity index is 1530. The summed E-state index contributed by atoms with van der Waals surface area (Å²) in [6.07, 6.45) is -1.64. The van der Waals surface area contributed by atoms with Gasteiger partial charge in [0.15, 0.2) is 23.6 Å². The van der Waals surface area contributed by atoms with E-state index < -0.39 is 53.8 Å². The maximum atomic E-state index is 14.0. The topological polar surface area (TPSA) is 184 Å². The number of phenolic OH excluding ortho intramolecular Hbond substituents is 2. The number of rotatable bonds is 7. The van der Waals surface area contributed by atoms with E-state index in [-0.39, 0.29) is 84.4 Å². The number of benzene rings is 2. The molecule has 2 aliphatic carbocycles. The second-order valence-corrected chi connectivity index (χ2v) is 11.8. The van der Waals surface area contributed by atoms with E-state index in [4.69, 9.17) is 18.9 Å². The molecule has 4 unspecified atom stereocenters. The van der Waals surface area contributed by atoms with E-state index in [1.165, 1.54) is 6.07 Å². The van der Waals surface area contributed by atoms with Gasteiger partial charge in [0.2, 0.25) is 0 Å². The van der Waals surface area contributed by atoms with Gasteiger partial charge in [-0.2, -0.15) is 0 Å². The first-order valence-corrected chi connectivity index (χ1v) is 14.9. The Morgan fingerprint density at radius 3 is 2.66 bits per heavy atom. The van der Waals surface area contributed by atoms with E-state index in [1.807, 2.05) is 0 Å². The molecule has 234 valence electrons. The molecule has 3 fully saturated rings. The van der Waals surface area contributed by atoms with Gasteiger partial charge in [0, 0.05) is 53.8 Å². The highest BCUT2D eigenvalue weighted by Gasteiger charge is 2.49. The molecule has 0 amide bonds. The van der Waals surface area contributed by atoms with E-state index in [0.717, 1.165) is 0 Å². The first-order valence-electron chi connectivity index (χ1n) is 14.9. The SMILES string of the molecule is O=C1c2cccc(NCCO)c2C(=O)c2c(O)c3c(c(O)c21)CC(C(=O)CO)C[C@@H]3OC1C[C@H]2C(CO1)OC1COCCN12. The van der Waals surface area contributed by atoms with Crippen molar-refractivity contribution in [1.29, 1.82) is 0 Å². The molecule has 0 aromatic heterocycles. The second kappa shape index (κ2) is 11.5. The van der Waals surface area contributed by atoms with Gasteiger partial charge < -0.3 is 44.7 Å². The molecule has 3 heterocycles. The summed E-state index contributed by atoms with van der Waals surface area (Å²) in [4.78, 5) is 42.7. The van der Waals surface area contributed by atoms with Gasteiger partial charge in [-0.15, -0.1) is 0 Å². The molecule has 5 aliphatic rings. The standard InChI is InChI=1S/C31H34N2O11/c34-6-4-32-17-3-1-2-15-24(17)30(39)27-26(28(15)37)29(38)16-8-14(19(36)11-35)9-20(25(16)31(27)40)44-23-10-18-21(12-42-23)43-22-13-41-7-5-33(18)22/h1-3,14,18,20-23,32,34-35,38,40H,4-13H2/t14?,18-,20-,21?,22?,23?/m0/s1. The summed E-state index contributed by atoms with van der Waals surface area (Å²) in [5.41, 5.74) is -0.0749. The monoisotopic (exact) mass is 610 g/mol. The fourth-order valence-corrected chi connectivity index (χ4v) is 7.36. The number of hydrogen-bond acceptors (Lipinski definition) is 13. The minimum Gasteiger partial charge on any atom is -0.507 e. The number of hydrogen-bond donors (Lipinski definition) is 5. The molecule has 6 atom stereocenters. The van der Waals surface area contributed by atoms with Crippen molar-refractivity contribution in [2.45, 2.75) is 50.0 Å². The van der Waals surface area contributed by atoms with Crippen LogP contribution in [-0.4, -0.2) is 113 Å². The van der Waals surface area contributed by atoms with E-state index in [2.05, 4.69) is 10.2 Å². The van der Waals surface area contributed by atoms with Gasteiger partial charge >= 0.3 is 0 Å². The predicted molar refractivity (Wildman–Crippen MR) is 151 cm³/mol. The summed E-state index contributed by atoms with van der Waals surface area (Å²) in [7, 11) is 0. The van der Waals surface area contributed by atoms with E-state index in [0.29, 0.717) is 31.9 Å². The quantitative estimate of drug-likeness (QED) is 0.235. The van der Waals surface area contributed by atoms with Crippen LogP contribution >= 0.6 is 0 Å². The van der Waals surface area contributed by atoms with Crippen LogP contribution in [-0.2, 0) is 30.2 Å². The number of aliphatic hydroxyl groups excluding tert-OH is 2. The lowest BCUT2D eigenvalue weighted by molar-refractivity contribution is -0.217. The van der Waals surface area contributed by atoms with Crippen LogP contribution in [0.2, 0.25) is 0 Å². The Labute approximate surface area is 252 Å². The molecule has 7 rings (SSSR count). The number of aromatic hydroxyl groups is 2. The molecule has 13 nitrogen and oxygen atoms in total. The average Bonchev–Trinajstić information content (AvgIpc) is 3.41. The van der Waals surface area contributed by atoms with Crippen molar-refractivity contribution in [3.05, 3.63) is 51.6 Å². The Hall–Kier alpha value is -3.43. The van der Waals surface area contributed by atoms with Crippen molar-refractivity contribution in [3.63, 3.8) is 0 Å². The van der Waals surface area contributed by atoms with E-state index in [9.17, 15) is 34.8 Å². The van der Waals surface area contributed by atoms with Gasteiger partial charge in [0.05, 0.1) is 55.3 Å². The summed E-state index contributed by atoms with van der Waals surface area (Å²) in [5, 5.41) is 45.2. The number of Topliss-reactive ketones (excluding diaryl/α,β-unsaturated/α-hetero) is 1. The maximum absolute atomic E-state index is 14.0. The van der Waals surface area contributed by atoms with Gasteiger partial charge in [0.1, 0.15) is 24.3 Å². The van der Waals surface area contributed by atoms with Crippen LogP contribution in [0.25, 0.3) is 0 Å². The number of nitrogens with one attached hydrogen (secondary N) is 1. The third kappa shape index (κ3) is 4.62. The number of morpholine rings is 1. The number of carbonyl (C=O) groups is 3. The Balaban J connectivity index is 1.27. The molecule has 3 saturated heterocycles. The molecule has 13 heteroatoms. The number of ketones is 3. The van der Waals surface area contributed by atoms with Crippen molar-refractivity contribution in [3.8, 4) is 11.5 Å². The third-order valence-corrected chi connectivity index (χ3v) is 9.40. The minimum absolute atomic E-state index is 0.00616. The molecular weight excluding hydrogens is 576 g/mol. The maximum Gasteiger partial charge on any atom is 0.200 e. The van der Waals surface area contributed by atoms with Gasteiger partial charge in [-0.05, 0) is 18.9 Å². The smallest absolute Gasteiger partial charge is 0.200 e. The summed E-state index contributed by atoms with van der Waals surface area (Å²) >= 11 is 0. The molecular formula is C31H34N2O11. The van der Waals surface area contributed by atoms with Crippen molar-refractivity contribution in [1.82, 2.24) is 4.90 Å². The van der Waals surface area contributed by atoms with Crippen molar-refractivity contribution < 1.29 is 53.8 Å². The van der Waals surface area contributed by atoms with Gasteiger partial charge in [0.25, 0.3) is 0 Å². The zero-order valence-corrected chi connectivity index (χ0v) is 23.9. The van der Waals surface area contributed by atoms with Crippen molar-refractivity contribution >= 4 is 23.0 Å². The Kier molecular flexibility index (Phi) is 7.65. The average molecular weight is 611 g/mol. The highest BCUT2D eigenvalue weighted by molar-refractivity contribution is 6.32. The Morgan fingerprint density at radius 1 is 1.05 bits per heavy atom. The largest absolute Gasteiger partial charge is 0.507 e. The summed E-state index contributed by atoms with van der Waals surface area (Å²) in [5.74, 6) is -3.57. The number of ether oxygens (including phenoxy) is 4. The van der Waals surface area contributed by atoms with Crippen molar-refractivity contribution in [2.75, 3.05) is 51.4 Å². The van der Waals surface area contributed by atoms with Crippen molar-refractivity contribution in [2.24, 2.45) is 5.92 Å². The molecule has 2 aromatic rings. The van der Waals surface area contributed by atoms with Crippen LogP contribution in [0.3, 0.4) is 0 Å². The van der Waals surface area contributed by atoms with Crippen LogP contribution in [0, 0.1) is 5.92 Å². The van der Waals surface area contributed by atoms with Crippen LogP contribution < -0.4 is 5.32 Å². The Morgan fingerprint density at radius 2 is 1.86 bits per heavy atom. The molecule has 0 saturated carbocycles. The molecule has 0 spiro atoms. The summed E-state index contributed by atoms with van der Waals surface area (Å²) < 4.78 is 24.1. The number of anilines is 1. The summed E-state index contributed by atoms with van der Waals surface area (Å²) in [6.45, 7) is 1.20. The fourth-order valence-electron chi connectivity index (χ4n) is 7.36. The molecule has 44 heavy (non-hydrogen) atoms. The van der Waals surface area contributed by atoms with Gasteiger partial charge in [-0.1, -0.05) is 12.1 Å². The molecule has 0 bridgehead atoms. The fraction of sp³-hybridized carbons (Fsp3) is 0.516. The van der Waals surface area contributed by atoms with Crippen LogP contribution in [0.15, 0.2) is 18.2 Å². The van der Waals surface area contributed by atoms with Gasteiger partial charge in [-0.3, -0.25) is 19.3 Å². The molecule has 2 aromatic carbocycles. The normalized spacial score (nSPS) is 29.3. The third-order valence-electron chi connectivity index (χ3n) is 9.40. The molecule has 0 radical (unpaired) electrons. The lowest BCUT2D eigenvalue weighted by Crippen LogP contribution is -2.50. The number of aliphatic hydroxyl groups is 2. The second-order valence-electron chi connectivity index (χ2n) is 11.8. The first-order chi connectivity index (χ1) is 21.3. The number of nitrogens with zero attached hydrogens (tertiary/aromatic N) is 1. The van der Waals surface area contributed by atoms with E-state index >= 15 is 0 Å². The number of phenols is 2. The lowest BCUT2D eigenvalue weighted by atomic mass is 9.73. The highest BCUT2D eigenvalue weighted by atomic mass is 16.7. The minimum atomic E-state index is -0.994. The number of carbonyl (C=O) groups excluding carboxylic acids is 3. The zero-order chi connectivity index (χ0) is 30.7. The molecule has 5 N–H and O–H groups in total. The van der Waals surface area contributed by atoms with Crippen LogP contribution in [0.1, 0.15) is 61.9 Å². The lowest BCUT2D eigenvalue weighted by Gasteiger charge is -2.39. The first kappa shape index (κ1) is 29.3. The van der Waals surface area contributed by atoms with Crippen LogP contribution in [0.5, 0.6) is 11.5 Å². The zero-order valence-electron chi connectivity index (χ0n) is 23.9. The highest BCUT2D eigenvalue weighted by Crippen LogP contribution is 2.51. The van der Waals surface area contributed by atoms with E-state index in [1.54, 1.807) is 12.1 Å². The number of fused-ring (bicyclic) bond motifs is 6. The van der Waals surface area contributed by atoms with Crippen LogP contribution in [0.4, 0.5) is 5.69 Å². The molecule has 3 aliphatic heterocycles. The van der Waals surface area contributed by atoms with Gasteiger partial charge in [-0.25, -0.2) is 0 Å².